The van der Waals surface area contributed by atoms with Gasteiger partial charge in [0.1, 0.15) is 11.3 Å². The van der Waals surface area contributed by atoms with Crippen LogP contribution in [0.15, 0.2) is 59.3 Å². The first-order valence-corrected chi connectivity index (χ1v) is 11.0. The molecule has 0 saturated carbocycles. The standard InChI is InChI=1S/C24H19BrN2O4/c1-30-15-11-14-7-10-31-22(14)17(12-15)20-21(24(29)26-23(20)28)18-13-27(9-4-8-25)19-6-3-2-5-16(18)19/h2-3,5-7,10-13H,4,8-9H2,1H3,(H,26,28,29). The first-order valence-electron chi connectivity index (χ1n) is 9.92. The number of aromatic nitrogens is 1. The van der Waals surface area contributed by atoms with Crippen LogP contribution < -0.4 is 10.1 Å². The Bertz CT molecular complexity index is 1380. The second-order valence-electron chi connectivity index (χ2n) is 7.34. The number of fused-ring (bicyclic) bond motifs is 2. The van der Waals surface area contributed by atoms with Crippen LogP contribution in [0.4, 0.5) is 0 Å². The van der Waals surface area contributed by atoms with E-state index >= 15 is 0 Å². The van der Waals surface area contributed by atoms with E-state index in [4.69, 9.17) is 9.15 Å². The predicted molar refractivity (Wildman–Crippen MR) is 123 cm³/mol. The highest BCUT2D eigenvalue weighted by atomic mass is 79.9. The maximum absolute atomic E-state index is 13.0. The molecule has 0 atom stereocenters. The van der Waals surface area contributed by atoms with Gasteiger partial charge in [-0.2, -0.15) is 0 Å². The van der Waals surface area contributed by atoms with Gasteiger partial charge in [-0.15, -0.1) is 0 Å². The molecule has 0 radical (unpaired) electrons. The summed E-state index contributed by atoms with van der Waals surface area (Å²) in [5.41, 5.74) is 3.48. The Morgan fingerprint density at radius 2 is 1.84 bits per heavy atom. The number of para-hydroxylation sites is 1. The maximum Gasteiger partial charge on any atom is 0.259 e. The zero-order valence-electron chi connectivity index (χ0n) is 16.8. The predicted octanol–water partition coefficient (Wildman–Crippen LogP) is 4.75. The molecule has 4 aromatic rings. The molecule has 1 aliphatic rings. The fourth-order valence-corrected chi connectivity index (χ4v) is 4.44. The fourth-order valence-electron chi connectivity index (χ4n) is 4.19. The number of amides is 2. The summed E-state index contributed by atoms with van der Waals surface area (Å²) >= 11 is 3.48. The molecule has 6 nitrogen and oxygen atoms in total. The van der Waals surface area contributed by atoms with Crippen molar-refractivity contribution in [1.29, 1.82) is 0 Å². The number of hydrogen-bond acceptors (Lipinski definition) is 4. The van der Waals surface area contributed by atoms with Gasteiger partial charge in [-0.05, 0) is 30.7 Å². The van der Waals surface area contributed by atoms with Crippen LogP contribution in [0.3, 0.4) is 0 Å². The minimum absolute atomic E-state index is 0.298. The van der Waals surface area contributed by atoms with Gasteiger partial charge in [0.05, 0.1) is 24.5 Å². The topological polar surface area (TPSA) is 73.5 Å². The molecule has 0 spiro atoms. The average molecular weight is 479 g/mol. The largest absolute Gasteiger partial charge is 0.497 e. The molecule has 7 heteroatoms. The van der Waals surface area contributed by atoms with Crippen molar-refractivity contribution in [1.82, 2.24) is 9.88 Å². The van der Waals surface area contributed by atoms with Gasteiger partial charge in [0.2, 0.25) is 0 Å². The lowest BCUT2D eigenvalue weighted by atomic mass is 9.95. The van der Waals surface area contributed by atoms with Gasteiger partial charge >= 0.3 is 0 Å². The lowest BCUT2D eigenvalue weighted by Crippen LogP contribution is -2.22. The van der Waals surface area contributed by atoms with E-state index in [1.54, 1.807) is 19.4 Å². The first kappa shape index (κ1) is 19.6. The Kier molecular flexibility index (Phi) is 4.90. The third-order valence-corrected chi connectivity index (χ3v) is 6.11. The number of furan rings is 1. The van der Waals surface area contributed by atoms with Gasteiger partial charge in [-0.25, -0.2) is 0 Å². The number of halogens is 1. The molecule has 3 heterocycles. The number of benzene rings is 2. The van der Waals surface area contributed by atoms with E-state index in [0.717, 1.165) is 40.1 Å². The molecule has 31 heavy (non-hydrogen) atoms. The highest BCUT2D eigenvalue weighted by molar-refractivity contribution is 9.09. The third-order valence-electron chi connectivity index (χ3n) is 5.55. The van der Waals surface area contributed by atoms with Crippen molar-refractivity contribution < 1.29 is 18.7 Å². The second kappa shape index (κ2) is 7.74. The lowest BCUT2D eigenvalue weighted by molar-refractivity contribution is -0.122. The summed E-state index contributed by atoms with van der Waals surface area (Å²) in [7, 11) is 1.57. The normalized spacial score (nSPS) is 14.1. The summed E-state index contributed by atoms with van der Waals surface area (Å²) in [5, 5.41) is 5.07. The number of hydrogen-bond donors (Lipinski definition) is 1. The van der Waals surface area contributed by atoms with Crippen LogP contribution in [0.5, 0.6) is 5.75 Å². The van der Waals surface area contributed by atoms with Crippen LogP contribution in [0.2, 0.25) is 0 Å². The Balaban J connectivity index is 1.81. The zero-order chi connectivity index (χ0) is 21.5. The smallest absolute Gasteiger partial charge is 0.259 e. The number of aryl methyl sites for hydroxylation is 1. The molecule has 2 aromatic heterocycles. The summed E-state index contributed by atoms with van der Waals surface area (Å²) < 4.78 is 13.2. The average Bonchev–Trinajstić information content (AvgIpc) is 3.46. The van der Waals surface area contributed by atoms with Gasteiger partial charge < -0.3 is 13.7 Å². The maximum atomic E-state index is 13.0. The van der Waals surface area contributed by atoms with Crippen molar-refractivity contribution >= 4 is 60.8 Å². The second-order valence-corrected chi connectivity index (χ2v) is 8.14. The summed E-state index contributed by atoms with van der Waals surface area (Å²) in [6, 6.07) is 13.3. The Hall–Kier alpha value is -3.32. The summed E-state index contributed by atoms with van der Waals surface area (Å²) in [6.07, 6.45) is 4.47. The molecule has 5 rings (SSSR count). The quantitative estimate of drug-likeness (QED) is 0.320. The van der Waals surface area contributed by atoms with E-state index < -0.39 is 11.8 Å². The Morgan fingerprint density at radius 3 is 2.61 bits per heavy atom. The number of carbonyl (C=O) groups excluding carboxylic acids is 2. The van der Waals surface area contributed by atoms with Crippen LogP contribution in [0, 0.1) is 0 Å². The minimum Gasteiger partial charge on any atom is -0.497 e. The molecule has 1 aliphatic heterocycles. The third kappa shape index (κ3) is 3.16. The van der Waals surface area contributed by atoms with Crippen molar-refractivity contribution in [3.8, 4) is 5.75 Å². The summed E-state index contributed by atoms with van der Waals surface area (Å²) in [6.45, 7) is 0.797. The van der Waals surface area contributed by atoms with Crippen LogP contribution in [-0.2, 0) is 16.1 Å². The molecular weight excluding hydrogens is 460 g/mol. The van der Waals surface area contributed by atoms with Gasteiger partial charge in [0.25, 0.3) is 11.8 Å². The van der Waals surface area contributed by atoms with Crippen molar-refractivity contribution in [3.05, 3.63) is 66.1 Å². The van der Waals surface area contributed by atoms with Crippen molar-refractivity contribution in [2.24, 2.45) is 0 Å². The molecule has 2 aromatic carbocycles. The van der Waals surface area contributed by atoms with Crippen LogP contribution in [0.1, 0.15) is 17.5 Å². The van der Waals surface area contributed by atoms with Crippen LogP contribution >= 0.6 is 15.9 Å². The minimum atomic E-state index is -0.441. The van der Waals surface area contributed by atoms with Gasteiger partial charge in [-0.3, -0.25) is 14.9 Å². The number of imide groups is 1. The Morgan fingerprint density at radius 1 is 1.06 bits per heavy atom. The van der Waals surface area contributed by atoms with E-state index in [1.165, 1.54) is 0 Å². The summed E-state index contributed by atoms with van der Waals surface area (Å²) in [5.74, 6) is -0.267. The number of alkyl halides is 1. The number of carbonyl (C=O) groups is 2. The molecule has 0 fully saturated rings. The van der Waals surface area contributed by atoms with E-state index in [2.05, 4.69) is 25.8 Å². The van der Waals surface area contributed by atoms with Crippen LogP contribution in [0.25, 0.3) is 33.0 Å². The highest BCUT2D eigenvalue weighted by Gasteiger charge is 2.35. The van der Waals surface area contributed by atoms with Crippen molar-refractivity contribution in [2.75, 3.05) is 12.4 Å². The van der Waals surface area contributed by atoms with Gasteiger partial charge in [-0.1, -0.05) is 34.1 Å². The number of ether oxygens (including phenoxy) is 1. The van der Waals surface area contributed by atoms with Crippen LogP contribution in [-0.4, -0.2) is 28.8 Å². The monoisotopic (exact) mass is 478 g/mol. The van der Waals surface area contributed by atoms with E-state index in [0.29, 0.717) is 28.0 Å². The van der Waals surface area contributed by atoms with E-state index in [9.17, 15) is 9.59 Å². The number of methoxy groups -OCH3 is 1. The summed E-state index contributed by atoms with van der Waals surface area (Å²) in [4.78, 5) is 26.0. The van der Waals surface area contributed by atoms with E-state index in [1.807, 2.05) is 42.6 Å². The van der Waals surface area contributed by atoms with Crippen molar-refractivity contribution in [3.63, 3.8) is 0 Å². The molecule has 0 unspecified atom stereocenters. The molecule has 0 aliphatic carbocycles. The number of nitrogens with zero attached hydrogens (tertiary/aromatic N) is 1. The Labute approximate surface area is 186 Å². The molecule has 1 N–H and O–H groups in total. The zero-order valence-corrected chi connectivity index (χ0v) is 18.4. The highest BCUT2D eigenvalue weighted by Crippen LogP contribution is 2.40. The molecule has 156 valence electrons. The fraction of sp³-hybridized carbons (Fsp3) is 0.167. The van der Waals surface area contributed by atoms with Gasteiger partial charge in [0, 0.05) is 45.5 Å². The molecule has 0 saturated heterocycles. The SMILES string of the molecule is COc1cc(C2=C(c3cn(CCCBr)c4ccccc34)C(=O)NC2=O)c2occc2c1. The molecule has 0 bridgehead atoms. The number of nitrogens with one attached hydrogen (secondary N) is 1. The molecule has 2 amide bonds. The van der Waals surface area contributed by atoms with Gasteiger partial charge in [0.15, 0.2) is 0 Å². The molecular formula is C24H19BrN2O4. The van der Waals surface area contributed by atoms with E-state index in [-0.39, 0.29) is 0 Å². The first-order chi connectivity index (χ1) is 15.1. The number of rotatable bonds is 6. The lowest BCUT2D eigenvalue weighted by Gasteiger charge is -2.08. The van der Waals surface area contributed by atoms with Crippen molar-refractivity contribution in [2.45, 2.75) is 13.0 Å².